The van der Waals surface area contributed by atoms with E-state index in [1.54, 1.807) is 36.5 Å². The van der Waals surface area contributed by atoms with Crippen molar-refractivity contribution in [3.8, 4) is 5.75 Å². The van der Waals surface area contributed by atoms with Gasteiger partial charge in [-0.25, -0.2) is 0 Å². The first-order valence-electron chi connectivity index (χ1n) is 7.83. The second-order valence-corrected chi connectivity index (χ2v) is 6.18. The molecule has 0 bridgehead atoms. The van der Waals surface area contributed by atoms with E-state index in [0.717, 1.165) is 24.8 Å². The topological polar surface area (TPSA) is 42.4 Å². The molecule has 1 aromatic heterocycles. The summed E-state index contributed by atoms with van der Waals surface area (Å²) in [6, 6.07) is 11.4. The second-order valence-electron chi connectivity index (χ2n) is 6.18. The highest BCUT2D eigenvalue weighted by Gasteiger charge is 2.41. The highest BCUT2D eigenvalue weighted by molar-refractivity contribution is 5.36. The smallest absolute Gasteiger partial charge is 0.406 e. The van der Waals surface area contributed by atoms with Crippen LogP contribution < -0.4 is 4.74 Å². The van der Waals surface area contributed by atoms with Gasteiger partial charge in [0, 0.05) is 6.20 Å². The number of rotatable bonds is 5. The average Bonchev–Trinajstić information content (AvgIpc) is 2.50. The molecule has 1 unspecified atom stereocenters. The quantitative estimate of drug-likeness (QED) is 0.872. The number of aromatic nitrogens is 1. The molecule has 6 heteroatoms. The summed E-state index contributed by atoms with van der Waals surface area (Å²) in [5.41, 5.74) is 1.01. The molecule has 0 radical (unpaired) electrons. The molecule has 1 atom stereocenters. The van der Waals surface area contributed by atoms with Crippen LogP contribution in [0.2, 0.25) is 0 Å². The van der Waals surface area contributed by atoms with E-state index in [9.17, 15) is 18.3 Å². The van der Waals surface area contributed by atoms with Crippen LogP contribution in [0.5, 0.6) is 5.75 Å². The van der Waals surface area contributed by atoms with E-state index in [-0.39, 0.29) is 11.2 Å². The summed E-state index contributed by atoms with van der Waals surface area (Å²) in [5, 5.41) is 10.5. The Bertz CT molecular complexity index is 684. The van der Waals surface area contributed by atoms with Crippen molar-refractivity contribution < 1.29 is 23.0 Å². The Morgan fingerprint density at radius 2 is 1.96 bits per heavy atom. The van der Waals surface area contributed by atoms with E-state index in [4.69, 9.17) is 0 Å². The van der Waals surface area contributed by atoms with Crippen LogP contribution in [0, 0.1) is 0 Å². The summed E-state index contributed by atoms with van der Waals surface area (Å²) in [6.45, 7) is 0. The summed E-state index contributed by atoms with van der Waals surface area (Å²) in [6.07, 6.45) is -0.779. The number of hydrogen-bond donors (Lipinski definition) is 1. The minimum atomic E-state index is -4.71. The van der Waals surface area contributed by atoms with E-state index >= 15 is 0 Å². The molecule has 0 aliphatic heterocycles. The van der Waals surface area contributed by atoms with Gasteiger partial charge in [0.05, 0.1) is 11.8 Å². The number of nitrogens with zero attached hydrogens (tertiary/aromatic N) is 1. The average molecular weight is 337 g/mol. The molecule has 1 saturated carbocycles. The standard InChI is InChI=1S/C18H18F3NO2/c19-18(20,21)24-14-6-3-5-13(11-14)17(8-4-9-17)12-16(23)15-7-1-2-10-22-15/h1-3,5-7,10-11,16,23H,4,8-9,12H2. The monoisotopic (exact) mass is 337 g/mol. The van der Waals surface area contributed by atoms with Crippen LogP contribution in [0.1, 0.15) is 43.0 Å². The summed E-state index contributed by atoms with van der Waals surface area (Å²) >= 11 is 0. The predicted molar refractivity (Wildman–Crippen MR) is 82.5 cm³/mol. The zero-order chi connectivity index (χ0) is 17.2. The molecule has 1 aromatic carbocycles. The van der Waals surface area contributed by atoms with Crippen molar-refractivity contribution in [3.05, 3.63) is 59.9 Å². The maximum atomic E-state index is 12.4. The number of halogens is 3. The molecule has 2 aromatic rings. The number of pyridine rings is 1. The van der Waals surface area contributed by atoms with Gasteiger partial charge in [0.1, 0.15) is 5.75 Å². The van der Waals surface area contributed by atoms with Crippen LogP contribution in [-0.4, -0.2) is 16.5 Å². The lowest BCUT2D eigenvalue weighted by Crippen LogP contribution is -2.36. The van der Waals surface area contributed by atoms with Crippen LogP contribution in [0.4, 0.5) is 13.2 Å². The molecule has 1 fully saturated rings. The van der Waals surface area contributed by atoms with Crippen LogP contribution in [0.25, 0.3) is 0 Å². The highest BCUT2D eigenvalue weighted by Crippen LogP contribution is 2.49. The molecule has 0 saturated heterocycles. The van der Waals surface area contributed by atoms with E-state index in [2.05, 4.69) is 9.72 Å². The minimum absolute atomic E-state index is 0.224. The maximum Gasteiger partial charge on any atom is 0.573 e. The Morgan fingerprint density at radius 3 is 2.54 bits per heavy atom. The van der Waals surface area contributed by atoms with Gasteiger partial charge in [-0.1, -0.05) is 24.6 Å². The molecule has 1 aliphatic carbocycles. The Morgan fingerprint density at radius 1 is 1.17 bits per heavy atom. The van der Waals surface area contributed by atoms with E-state index < -0.39 is 12.5 Å². The van der Waals surface area contributed by atoms with Crippen LogP contribution in [0.15, 0.2) is 48.7 Å². The van der Waals surface area contributed by atoms with Gasteiger partial charge in [0.15, 0.2) is 0 Å². The fourth-order valence-corrected chi connectivity index (χ4v) is 3.29. The molecule has 128 valence electrons. The molecule has 0 spiro atoms. The number of aliphatic hydroxyl groups excluding tert-OH is 1. The molecular formula is C18H18F3NO2. The fourth-order valence-electron chi connectivity index (χ4n) is 3.29. The zero-order valence-corrected chi connectivity index (χ0v) is 13.0. The SMILES string of the molecule is OC(CC1(c2cccc(OC(F)(F)F)c2)CCC1)c1ccccn1. The molecule has 1 aliphatic rings. The highest BCUT2D eigenvalue weighted by atomic mass is 19.4. The van der Waals surface area contributed by atoms with E-state index in [0.29, 0.717) is 12.1 Å². The Balaban J connectivity index is 1.81. The molecule has 3 nitrogen and oxygen atoms in total. The van der Waals surface area contributed by atoms with Crippen molar-refractivity contribution in [2.75, 3.05) is 0 Å². The lowest BCUT2D eigenvalue weighted by atomic mass is 9.61. The normalized spacial score (nSPS) is 17.8. The van der Waals surface area contributed by atoms with Gasteiger partial charge >= 0.3 is 6.36 Å². The van der Waals surface area contributed by atoms with Gasteiger partial charge in [0.25, 0.3) is 0 Å². The Hall–Kier alpha value is -2.08. The number of aliphatic hydroxyl groups is 1. The van der Waals surface area contributed by atoms with Gasteiger partial charge < -0.3 is 9.84 Å². The van der Waals surface area contributed by atoms with Crippen molar-refractivity contribution in [1.82, 2.24) is 4.98 Å². The third-order valence-electron chi connectivity index (χ3n) is 4.60. The second kappa shape index (κ2) is 6.43. The van der Waals surface area contributed by atoms with Crippen molar-refractivity contribution in [2.45, 2.75) is 43.6 Å². The van der Waals surface area contributed by atoms with Crippen LogP contribution in [0.3, 0.4) is 0 Å². The van der Waals surface area contributed by atoms with Crippen LogP contribution >= 0.6 is 0 Å². The third-order valence-corrected chi connectivity index (χ3v) is 4.60. The van der Waals surface area contributed by atoms with Gasteiger partial charge in [-0.3, -0.25) is 4.98 Å². The zero-order valence-electron chi connectivity index (χ0n) is 13.0. The van der Waals surface area contributed by atoms with Crippen molar-refractivity contribution in [1.29, 1.82) is 0 Å². The molecule has 3 rings (SSSR count). The third kappa shape index (κ3) is 3.70. The minimum Gasteiger partial charge on any atom is -0.406 e. The summed E-state index contributed by atoms with van der Waals surface area (Å²) in [4.78, 5) is 4.16. The summed E-state index contributed by atoms with van der Waals surface area (Å²) in [5.74, 6) is -0.224. The lowest BCUT2D eigenvalue weighted by Gasteiger charge is -2.44. The van der Waals surface area contributed by atoms with Crippen molar-refractivity contribution in [2.24, 2.45) is 0 Å². The Labute approximate surface area is 138 Å². The van der Waals surface area contributed by atoms with Gasteiger partial charge in [-0.05, 0) is 54.5 Å². The van der Waals surface area contributed by atoms with E-state index in [1.165, 1.54) is 12.1 Å². The lowest BCUT2D eigenvalue weighted by molar-refractivity contribution is -0.274. The summed E-state index contributed by atoms with van der Waals surface area (Å²) < 4.78 is 41.3. The van der Waals surface area contributed by atoms with Gasteiger partial charge in [-0.15, -0.1) is 13.2 Å². The number of ether oxygens (including phenoxy) is 1. The first-order valence-corrected chi connectivity index (χ1v) is 7.83. The summed E-state index contributed by atoms with van der Waals surface area (Å²) in [7, 11) is 0. The van der Waals surface area contributed by atoms with Crippen molar-refractivity contribution in [3.63, 3.8) is 0 Å². The molecule has 0 amide bonds. The molecule has 1 N–H and O–H groups in total. The molecular weight excluding hydrogens is 319 g/mol. The number of hydrogen-bond acceptors (Lipinski definition) is 3. The fraction of sp³-hybridized carbons (Fsp3) is 0.389. The Kier molecular flexibility index (Phi) is 4.49. The molecule has 1 heterocycles. The predicted octanol–water partition coefficient (Wildman–Crippen LogP) is 4.53. The van der Waals surface area contributed by atoms with Gasteiger partial charge in [0.2, 0.25) is 0 Å². The first-order chi connectivity index (χ1) is 11.4. The maximum absolute atomic E-state index is 12.4. The first kappa shape index (κ1) is 16.8. The van der Waals surface area contributed by atoms with Crippen LogP contribution in [-0.2, 0) is 5.41 Å². The molecule has 24 heavy (non-hydrogen) atoms. The number of benzene rings is 1. The largest absolute Gasteiger partial charge is 0.573 e. The van der Waals surface area contributed by atoms with Crippen molar-refractivity contribution >= 4 is 0 Å². The number of alkyl halides is 3. The van der Waals surface area contributed by atoms with Gasteiger partial charge in [-0.2, -0.15) is 0 Å². The van der Waals surface area contributed by atoms with E-state index in [1.807, 2.05) is 0 Å².